The Hall–Kier alpha value is -2.01. The van der Waals surface area contributed by atoms with Crippen LogP contribution in [0.3, 0.4) is 0 Å². The molecule has 1 unspecified atom stereocenters. The van der Waals surface area contributed by atoms with E-state index in [1.54, 1.807) is 24.3 Å². The highest BCUT2D eigenvalue weighted by atomic mass is 32.2. The van der Waals surface area contributed by atoms with Crippen LogP contribution < -0.4 is 5.30 Å². The molecule has 0 amide bonds. The van der Waals surface area contributed by atoms with E-state index in [0.29, 0.717) is 23.8 Å². The first-order chi connectivity index (χ1) is 11.9. The van der Waals surface area contributed by atoms with E-state index in [-0.39, 0.29) is 11.5 Å². The second-order valence-electron chi connectivity index (χ2n) is 5.68. The highest BCUT2D eigenvalue weighted by Crippen LogP contribution is 2.33. The van der Waals surface area contributed by atoms with Crippen LogP contribution in [0.15, 0.2) is 57.8 Å². The highest BCUT2D eigenvalue weighted by Gasteiger charge is 2.17. The number of aromatic nitrogens is 1. The molecule has 3 aromatic rings. The van der Waals surface area contributed by atoms with Gasteiger partial charge in [0.05, 0.1) is 11.5 Å². The first-order valence-corrected chi connectivity index (χ1v) is 10.1. The fraction of sp³-hybridized carbons (Fsp3) is 0.167. The summed E-state index contributed by atoms with van der Waals surface area (Å²) in [5.74, 6) is 0.995. The van der Waals surface area contributed by atoms with Crippen LogP contribution in [0.5, 0.6) is 0 Å². The number of aliphatic hydroxyl groups excluding tert-OH is 1. The van der Waals surface area contributed by atoms with Gasteiger partial charge in [-0.2, -0.15) is 0 Å². The van der Waals surface area contributed by atoms with E-state index in [9.17, 15) is 8.42 Å². The third-order valence-corrected chi connectivity index (χ3v) is 5.24. The Morgan fingerprint density at radius 2 is 1.64 bits per heavy atom. The minimum Gasteiger partial charge on any atom is -0.440 e. The Morgan fingerprint density at radius 3 is 2.20 bits per heavy atom. The summed E-state index contributed by atoms with van der Waals surface area (Å²) in [5.41, 5.74) is 2.29. The topological polar surface area (TPSA) is 80.4 Å². The van der Waals surface area contributed by atoms with E-state index >= 15 is 0 Å². The smallest absolute Gasteiger partial charge is 0.197 e. The molecule has 0 aliphatic carbocycles. The summed E-state index contributed by atoms with van der Waals surface area (Å²) in [7, 11) is -0.625. The number of hydrogen-bond donors (Lipinski definition) is 1. The predicted molar refractivity (Wildman–Crippen MR) is 101 cm³/mol. The lowest BCUT2D eigenvalue weighted by Gasteiger charge is -2.04. The summed E-state index contributed by atoms with van der Waals surface area (Å²) >= 11 is 0. The molecule has 1 aromatic heterocycles. The molecular weight excluding hydrogens is 357 g/mol. The minimum absolute atomic E-state index is 0.0586. The van der Waals surface area contributed by atoms with Crippen LogP contribution in [-0.4, -0.2) is 31.4 Å². The second kappa shape index (κ2) is 7.08. The molecule has 7 heteroatoms. The molecule has 0 spiro atoms. The zero-order valence-electron chi connectivity index (χ0n) is 13.6. The van der Waals surface area contributed by atoms with E-state index in [2.05, 4.69) is 14.2 Å². The quantitative estimate of drug-likeness (QED) is 0.693. The summed E-state index contributed by atoms with van der Waals surface area (Å²) in [6, 6.07) is 14.3. The molecule has 0 radical (unpaired) electrons. The van der Waals surface area contributed by atoms with E-state index in [1.165, 1.54) is 6.26 Å². The molecule has 0 aliphatic heterocycles. The zero-order valence-corrected chi connectivity index (χ0v) is 15.6. The van der Waals surface area contributed by atoms with Crippen molar-refractivity contribution in [3.8, 4) is 22.6 Å². The normalized spacial score (nSPS) is 11.6. The van der Waals surface area contributed by atoms with Gasteiger partial charge in [-0.25, -0.2) is 13.4 Å². The summed E-state index contributed by atoms with van der Waals surface area (Å²) < 4.78 is 29.1. The molecule has 25 heavy (non-hydrogen) atoms. The first kappa shape index (κ1) is 17.8. The third kappa shape index (κ3) is 3.98. The van der Waals surface area contributed by atoms with Crippen LogP contribution in [-0.2, 0) is 16.3 Å². The minimum atomic E-state index is -3.25. The maximum absolute atomic E-state index is 11.6. The van der Waals surface area contributed by atoms with Gasteiger partial charge in [0.25, 0.3) is 0 Å². The van der Waals surface area contributed by atoms with Crippen LogP contribution in [0.2, 0.25) is 0 Å². The molecule has 0 saturated heterocycles. The summed E-state index contributed by atoms with van der Waals surface area (Å²) in [6.07, 6.45) is 1.49. The number of hydrogen-bond acceptors (Lipinski definition) is 5. The molecule has 130 valence electrons. The number of oxazole rings is 1. The first-order valence-electron chi connectivity index (χ1n) is 7.65. The predicted octanol–water partition coefficient (Wildman–Crippen LogP) is 2.45. The van der Waals surface area contributed by atoms with Gasteiger partial charge in [0.2, 0.25) is 0 Å². The van der Waals surface area contributed by atoms with E-state index < -0.39 is 9.84 Å². The van der Waals surface area contributed by atoms with Gasteiger partial charge in [-0.05, 0) is 29.6 Å². The van der Waals surface area contributed by atoms with Crippen molar-refractivity contribution in [3.63, 3.8) is 0 Å². The van der Waals surface area contributed by atoms with Gasteiger partial charge in [0.15, 0.2) is 21.5 Å². The molecule has 0 fully saturated rings. The number of benzene rings is 2. The SMILES string of the molecule is CS(=O)(=O)c1ccc(-c2oc(CCO)nc2-c2ccc(P)cc2)cc1. The van der Waals surface area contributed by atoms with E-state index in [0.717, 1.165) is 16.4 Å². The van der Waals surface area contributed by atoms with Crippen molar-refractivity contribution in [1.82, 2.24) is 4.98 Å². The number of nitrogens with zero attached hydrogens (tertiary/aromatic N) is 1. The van der Waals surface area contributed by atoms with Gasteiger partial charge in [0, 0.05) is 23.8 Å². The maximum atomic E-state index is 11.6. The van der Waals surface area contributed by atoms with Gasteiger partial charge in [0.1, 0.15) is 5.69 Å². The molecule has 0 aliphatic rings. The van der Waals surface area contributed by atoms with Crippen LogP contribution in [0.25, 0.3) is 22.6 Å². The third-order valence-electron chi connectivity index (χ3n) is 3.73. The van der Waals surface area contributed by atoms with Crippen molar-refractivity contribution in [2.24, 2.45) is 0 Å². The standard InChI is InChI=1S/C18H18NO4PS/c1-25(21,22)15-8-4-13(5-9-15)18-17(19-16(23-18)10-11-20)12-2-6-14(24)7-3-12/h2-9,20H,10-11,24H2,1H3. The molecule has 5 nitrogen and oxygen atoms in total. The van der Waals surface area contributed by atoms with Crippen molar-refractivity contribution in [2.75, 3.05) is 12.9 Å². The lowest BCUT2D eigenvalue weighted by molar-refractivity contribution is 0.285. The average Bonchev–Trinajstić information content (AvgIpc) is 2.99. The van der Waals surface area contributed by atoms with E-state index in [4.69, 9.17) is 9.52 Å². The van der Waals surface area contributed by atoms with Crippen molar-refractivity contribution in [3.05, 3.63) is 54.4 Å². The Bertz CT molecular complexity index is 977. The largest absolute Gasteiger partial charge is 0.440 e. The Labute approximate surface area is 148 Å². The molecule has 0 saturated carbocycles. The van der Waals surface area contributed by atoms with Crippen LogP contribution in [0.4, 0.5) is 0 Å². The molecule has 1 heterocycles. The lowest BCUT2D eigenvalue weighted by Crippen LogP contribution is -1.96. The second-order valence-corrected chi connectivity index (χ2v) is 8.36. The average molecular weight is 375 g/mol. The molecule has 0 bridgehead atoms. The summed E-state index contributed by atoms with van der Waals surface area (Å²) in [5, 5.41) is 10.2. The fourth-order valence-electron chi connectivity index (χ4n) is 2.45. The van der Waals surface area contributed by atoms with Crippen molar-refractivity contribution < 1.29 is 17.9 Å². The molecule has 1 atom stereocenters. The Morgan fingerprint density at radius 1 is 1.04 bits per heavy atom. The highest BCUT2D eigenvalue weighted by molar-refractivity contribution is 7.90. The lowest BCUT2D eigenvalue weighted by atomic mass is 10.1. The van der Waals surface area contributed by atoms with Crippen molar-refractivity contribution in [1.29, 1.82) is 0 Å². The molecular formula is C18H18NO4PS. The van der Waals surface area contributed by atoms with Crippen LogP contribution in [0, 0.1) is 0 Å². The van der Waals surface area contributed by atoms with Crippen LogP contribution in [0.1, 0.15) is 5.89 Å². The van der Waals surface area contributed by atoms with Gasteiger partial charge in [-0.1, -0.05) is 24.3 Å². The van der Waals surface area contributed by atoms with Crippen LogP contribution >= 0.6 is 9.24 Å². The zero-order chi connectivity index (χ0) is 18.0. The van der Waals surface area contributed by atoms with Gasteiger partial charge in [-0.3, -0.25) is 0 Å². The Balaban J connectivity index is 2.09. The van der Waals surface area contributed by atoms with E-state index in [1.807, 2.05) is 24.3 Å². The Kier molecular flexibility index (Phi) is 5.04. The number of rotatable bonds is 5. The van der Waals surface area contributed by atoms with Crippen molar-refractivity contribution >= 4 is 24.4 Å². The van der Waals surface area contributed by atoms with Gasteiger partial charge in [-0.15, -0.1) is 9.24 Å². The summed E-state index contributed by atoms with van der Waals surface area (Å²) in [4.78, 5) is 4.75. The molecule has 2 aromatic carbocycles. The summed E-state index contributed by atoms with van der Waals surface area (Å²) in [6.45, 7) is -0.0586. The van der Waals surface area contributed by atoms with Gasteiger partial charge < -0.3 is 9.52 Å². The molecule has 1 N–H and O–H groups in total. The fourth-order valence-corrected chi connectivity index (χ4v) is 3.28. The van der Waals surface area contributed by atoms with Gasteiger partial charge >= 0.3 is 0 Å². The number of aliphatic hydroxyl groups is 1. The molecule has 3 rings (SSSR count). The maximum Gasteiger partial charge on any atom is 0.197 e. The number of sulfone groups is 1. The monoisotopic (exact) mass is 375 g/mol. The van der Waals surface area contributed by atoms with Crippen molar-refractivity contribution in [2.45, 2.75) is 11.3 Å².